The molecule has 1 fully saturated rings. The maximum atomic E-state index is 12.9. The Morgan fingerprint density at radius 3 is 2.62 bits per heavy atom. The lowest BCUT2D eigenvalue weighted by atomic mass is 10.0. The van der Waals surface area contributed by atoms with Gasteiger partial charge in [-0.1, -0.05) is 13.3 Å². The van der Waals surface area contributed by atoms with Crippen molar-refractivity contribution in [2.45, 2.75) is 63.4 Å². The van der Waals surface area contributed by atoms with E-state index in [0.717, 1.165) is 32.2 Å². The van der Waals surface area contributed by atoms with Gasteiger partial charge in [0.15, 0.2) is 0 Å². The highest BCUT2D eigenvalue weighted by atomic mass is 32.2. The second-order valence-electron chi connectivity index (χ2n) is 5.77. The Bertz CT molecular complexity index is 564. The zero-order valence-electron chi connectivity index (χ0n) is 13.0. The summed E-state index contributed by atoms with van der Waals surface area (Å²) in [6.45, 7) is 6.83. The molecule has 0 radical (unpaired) electrons. The van der Waals surface area contributed by atoms with Gasteiger partial charge >= 0.3 is 0 Å². The van der Waals surface area contributed by atoms with E-state index in [-0.39, 0.29) is 12.1 Å². The molecule has 0 spiro atoms. The molecule has 1 aromatic heterocycles. The number of pyridine rings is 1. The molecule has 1 aliphatic heterocycles. The van der Waals surface area contributed by atoms with Crippen LogP contribution in [0.15, 0.2) is 23.2 Å². The summed E-state index contributed by atoms with van der Waals surface area (Å²) in [5.41, 5.74) is 0. The highest BCUT2D eigenvalue weighted by Crippen LogP contribution is 2.29. The lowest BCUT2D eigenvalue weighted by molar-refractivity contribution is 0.204. The molecule has 5 nitrogen and oxygen atoms in total. The number of sulfonamides is 1. The first-order valence-corrected chi connectivity index (χ1v) is 9.14. The molecule has 2 rings (SSSR count). The van der Waals surface area contributed by atoms with Crippen molar-refractivity contribution in [1.29, 1.82) is 0 Å². The minimum atomic E-state index is -3.45. The number of hydrogen-bond acceptors (Lipinski definition) is 4. The van der Waals surface area contributed by atoms with E-state index < -0.39 is 10.0 Å². The van der Waals surface area contributed by atoms with Crippen molar-refractivity contribution < 1.29 is 8.42 Å². The third-order valence-electron chi connectivity index (χ3n) is 3.98. The third kappa shape index (κ3) is 3.55. The molecule has 2 heterocycles. The highest BCUT2D eigenvalue weighted by molar-refractivity contribution is 7.89. The van der Waals surface area contributed by atoms with E-state index in [1.807, 2.05) is 13.8 Å². The van der Waals surface area contributed by atoms with Crippen LogP contribution in [0.3, 0.4) is 0 Å². The predicted molar refractivity (Wildman–Crippen MR) is 84.8 cm³/mol. The molecule has 2 atom stereocenters. The molecule has 0 amide bonds. The Morgan fingerprint density at radius 2 is 2.00 bits per heavy atom. The monoisotopic (exact) mass is 311 g/mol. The van der Waals surface area contributed by atoms with Crippen LogP contribution in [0.1, 0.15) is 46.5 Å². The average Bonchev–Trinajstić information content (AvgIpc) is 2.45. The summed E-state index contributed by atoms with van der Waals surface area (Å²) in [6.07, 6.45) is 5.47. The second kappa shape index (κ2) is 6.75. The van der Waals surface area contributed by atoms with Crippen LogP contribution in [-0.2, 0) is 10.0 Å². The van der Waals surface area contributed by atoms with E-state index in [1.54, 1.807) is 22.6 Å². The molecule has 0 aromatic carbocycles. The van der Waals surface area contributed by atoms with E-state index in [1.165, 1.54) is 0 Å². The Kier molecular flexibility index (Phi) is 5.22. The smallest absolute Gasteiger partial charge is 0.243 e. The summed E-state index contributed by atoms with van der Waals surface area (Å²) in [6, 6.07) is 3.33. The van der Waals surface area contributed by atoms with Crippen molar-refractivity contribution in [3.8, 4) is 0 Å². The van der Waals surface area contributed by atoms with Gasteiger partial charge in [-0.3, -0.25) is 0 Å². The van der Waals surface area contributed by atoms with E-state index in [0.29, 0.717) is 10.7 Å². The quantitative estimate of drug-likeness (QED) is 0.908. The lowest BCUT2D eigenvalue weighted by Crippen LogP contribution is -2.47. The molecule has 0 saturated carbocycles. The molecule has 1 saturated heterocycles. The van der Waals surface area contributed by atoms with Crippen LogP contribution >= 0.6 is 0 Å². The van der Waals surface area contributed by atoms with Crippen LogP contribution in [-0.4, -0.2) is 36.3 Å². The van der Waals surface area contributed by atoms with Gasteiger partial charge in [0.1, 0.15) is 5.82 Å². The Hall–Kier alpha value is -1.14. The standard InChI is InChI=1S/C15H25N3O2S/c1-4-9-16-15-11-14(8-10-17-15)21(19,20)18-12(2)6-5-7-13(18)3/h8,10-13H,4-7,9H2,1-3H3,(H,16,17). The number of hydrogen-bond donors (Lipinski definition) is 1. The molecule has 0 aliphatic carbocycles. The molecule has 0 bridgehead atoms. The number of anilines is 1. The van der Waals surface area contributed by atoms with Gasteiger partial charge in [0.2, 0.25) is 10.0 Å². The van der Waals surface area contributed by atoms with Crippen molar-refractivity contribution in [3.63, 3.8) is 0 Å². The van der Waals surface area contributed by atoms with Crippen molar-refractivity contribution in [2.24, 2.45) is 0 Å². The summed E-state index contributed by atoms with van der Waals surface area (Å²) < 4.78 is 27.5. The third-order valence-corrected chi connectivity index (χ3v) is 6.10. The minimum absolute atomic E-state index is 0.0546. The molecule has 1 aromatic rings. The first kappa shape index (κ1) is 16.2. The van der Waals surface area contributed by atoms with E-state index in [2.05, 4.69) is 17.2 Å². The maximum absolute atomic E-state index is 12.9. The summed E-state index contributed by atoms with van der Waals surface area (Å²) in [7, 11) is -3.45. The molecule has 1 aliphatic rings. The number of piperidine rings is 1. The van der Waals surface area contributed by atoms with Gasteiger partial charge < -0.3 is 5.32 Å². The normalized spacial score (nSPS) is 24.0. The number of nitrogens with one attached hydrogen (secondary N) is 1. The number of rotatable bonds is 5. The zero-order chi connectivity index (χ0) is 15.5. The fourth-order valence-electron chi connectivity index (χ4n) is 2.91. The zero-order valence-corrected chi connectivity index (χ0v) is 13.9. The Labute approximate surface area is 127 Å². The van der Waals surface area contributed by atoms with Crippen molar-refractivity contribution >= 4 is 15.8 Å². The van der Waals surface area contributed by atoms with Crippen LogP contribution in [0.5, 0.6) is 0 Å². The van der Waals surface area contributed by atoms with Crippen LogP contribution in [0.25, 0.3) is 0 Å². The molecule has 2 unspecified atom stereocenters. The van der Waals surface area contributed by atoms with E-state index in [4.69, 9.17) is 0 Å². The number of nitrogens with zero attached hydrogens (tertiary/aromatic N) is 2. The van der Waals surface area contributed by atoms with Crippen LogP contribution in [0, 0.1) is 0 Å². The highest BCUT2D eigenvalue weighted by Gasteiger charge is 2.35. The SMILES string of the molecule is CCCNc1cc(S(=O)(=O)N2C(C)CCCC2C)ccn1. The average molecular weight is 311 g/mol. The molecule has 21 heavy (non-hydrogen) atoms. The van der Waals surface area contributed by atoms with Crippen LogP contribution in [0.4, 0.5) is 5.82 Å². The molecular formula is C15H25N3O2S. The maximum Gasteiger partial charge on any atom is 0.243 e. The largest absolute Gasteiger partial charge is 0.370 e. The molecule has 1 N–H and O–H groups in total. The van der Waals surface area contributed by atoms with Crippen molar-refractivity contribution in [2.75, 3.05) is 11.9 Å². The first-order chi connectivity index (χ1) is 9.96. The van der Waals surface area contributed by atoms with E-state index >= 15 is 0 Å². The topological polar surface area (TPSA) is 62.3 Å². The molecular weight excluding hydrogens is 286 g/mol. The second-order valence-corrected chi connectivity index (χ2v) is 7.61. The van der Waals surface area contributed by atoms with Gasteiger partial charge in [-0.2, -0.15) is 4.31 Å². The summed E-state index contributed by atoms with van der Waals surface area (Å²) in [5.74, 6) is 0.621. The van der Waals surface area contributed by atoms with Gasteiger partial charge in [0.25, 0.3) is 0 Å². The molecule has 6 heteroatoms. The summed E-state index contributed by atoms with van der Waals surface area (Å²) >= 11 is 0. The Balaban J connectivity index is 2.30. The van der Waals surface area contributed by atoms with Gasteiger partial charge in [0, 0.05) is 30.9 Å². The van der Waals surface area contributed by atoms with Gasteiger partial charge in [-0.15, -0.1) is 0 Å². The summed E-state index contributed by atoms with van der Waals surface area (Å²) in [4.78, 5) is 4.51. The van der Waals surface area contributed by atoms with Crippen molar-refractivity contribution in [1.82, 2.24) is 9.29 Å². The molecule has 118 valence electrons. The van der Waals surface area contributed by atoms with Crippen LogP contribution in [0.2, 0.25) is 0 Å². The number of aromatic nitrogens is 1. The van der Waals surface area contributed by atoms with E-state index in [9.17, 15) is 8.42 Å². The van der Waals surface area contributed by atoms with Gasteiger partial charge in [-0.05, 0) is 39.2 Å². The van der Waals surface area contributed by atoms with Crippen molar-refractivity contribution in [3.05, 3.63) is 18.3 Å². The fraction of sp³-hybridized carbons (Fsp3) is 0.667. The van der Waals surface area contributed by atoms with Gasteiger partial charge in [0.05, 0.1) is 4.90 Å². The fourth-order valence-corrected chi connectivity index (χ4v) is 4.81. The minimum Gasteiger partial charge on any atom is -0.370 e. The summed E-state index contributed by atoms with van der Waals surface area (Å²) in [5, 5.41) is 3.14. The first-order valence-electron chi connectivity index (χ1n) is 7.70. The van der Waals surface area contributed by atoms with Gasteiger partial charge in [-0.25, -0.2) is 13.4 Å². The Morgan fingerprint density at radius 1 is 1.33 bits per heavy atom. The van der Waals surface area contributed by atoms with Crippen LogP contribution < -0.4 is 5.32 Å². The predicted octanol–water partition coefficient (Wildman–Crippen LogP) is 2.86. The lowest BCUT2D eigenvalue weighted by Gasteiger charge is -2.37.